The van der Waals surface area contributed by atoms with E-state index in [-0.39, 0.29) is 0 Å². The van der Waals surface area contributed by atoms with Crippen molar-refractivity contribution in [3.8, 4) is 33.9 Å². The van der Waals surface area contributed by atoms with E-state index in [1.54, 1.807) is 12.4 Å². The molecule has 4 rings (SSSR count). The molecule has 0 saturated heterocycles. The molecular formula is C22H17Cl3IrN3. The van der Waals surface area contributed by atoms with E-state index in [1.165, 1.54) is 5.56 Å². The number of benzene rings is 1. The van der Waals surface area contributed by atoms with Crippen LogP contribution in [0, 0.1) is 6.92 Å². The fraction of sp³-hybridized carbons (Fsp3) is 0.0455. The van der Waals surface area contributed by atoms with Crippen LogP contribution in [0.4, 0.5) is 0 Å². The van der Waals surface area contributed by atoms with Gasteiger partial charge in [-0.2, -0.15) is 0 Å². The number of aryl methyl sites for hydroxylation is 1. The minimum absolute atomic E-state index is 0.847. The van der Waals surface area contributed by atoms with Gasteiger partial charge in [0.25, 0.3) is 0 Å². The fourth-order valence-electron chi connectivity index (χ4n) is 2.73. The standard InChI is InChI=1S/C22H17N3.3ClH.Ir/c1-16-8-10-17(11-9-16)18-14-21(19-6-2-4-12-23-19)25-22(15-18)20-7-3-5-13-24-20;;;;/h2-15H,1H3;3*1H;/q;;;;+3/p-3. The Balaban J connectivity index is 0.000000552. The maximum atomic E-state index is 4.97. The van der Waals surface area contributed by atoms with Crippen LogP contribution in [0.15, 0.2) is 85.2 Å². The number of hydrogen-bond acceptors (Lipinski definition) is 3. The number of pyridine rings is 3. The van der Waals surface area contributed by atoms with Crippen molar-refractivity contribution < 1.29 is 13.5 Å². The molecule has 3 aromatic heterocycles. The molecule has 1 aromatic carbocycles. The van der Waals surface area contributed by atoms with E-state index in [9.17, 15) is 0 Å². The van der Waals surface area contributed by atoms with Crippen molar-refractivity contribution in [2.75, 3.05) is 0 Å². The van der Waals surface area contributed by atoms with Crippen LogP contribution in [0.2, 0.25) is 0 Å². The zero-order valence-electron chi connectivity index (χ0n) is 15.4. The second kappa shape index (κ2) is 10.8. The van der Waals surface area contributed by atoms with E-state index in [2.05, 4.69) is 53.3 Å². The molecule has 0 N–H and O–H groups in total. The first-order valence-electron chi connectivity index (χ1n) is 8.59. The Morgan fingerprint density at radius 3 is 1.52 bits per heavy atom. The van der Waals surface area contributed by atoms with Crippen LogP contribution in [-0.2, 0) is 13.5 Å². The van der Waals surface area contributed by atoms with Gasteiger partial charge in [-0.1, -0.05) is 42.0 Å². The summed E-state index contributed by atoms with van der Waals surface area (Å²) in [5, 5.41) is 0. The second-order valence-electron chi connectivity index (χ2n) is 6.07. The van der Waals surface area contributed by atoms with E-state index in [0.717, 1.165) is 33.9 Å². The molecule has 0 spiro atoms. The molecule has 0 amide bonds. The van der Waals surface area contributed by atoms with Crippen molar-refractivity contribution in [1.82, 2.24) is 15.0 Å². The van der Waals surface area contributed by atoms with Gasteiger partial charge in [-0.25, -0.2) is 4.98 Å². The van der Waals surface area contributed by atoms with E-state index in [1.807, 2.05) is 36.4 Å². The summed E-state index contributed by atoms with van der Waals surface area (Å²) in [6.45, 7) is 2.09. The topological polar surface area (TPSA) is 38.7 Å². The van der Waals surface area contributed by atoms with Gasteiger partial charge in [-0.05, 0) is 54.4 Å². The molecule has 3 nitrogen and oxygen atoms in total. The van der Waals surface area contributed by atoms with Gasteiger partial charge in [0.05, 0.1) is 22.8 Å². The summed E-state index contributed by atoms with van der Waals surface area (Å²) in [6.07, 6.45) is 3.58. The minimum atomic E-state index is -1.92. The van der Waals surface area contributed by atoms with Crippen LogP contribution in [0.25, 0.3) is 33.9 Å². The molecule has 0 bridgehead atoms. The number of rotatable bonds is 3. The van der Waals surface area contributed by atoms with Crippen LogP contribution in [0.1, 0.15) is 5.56 Å². The summed E-state index contributed by atoms with van der Waals surface area (Å²) in [5.41, 5.74) is 6.91. The summed E-state index contributed by atoms with van der Waals surface area (Å²) < 4.78 is 0. The zero-order valence-corrected chi connectivity index (χ0v) is 20.1. The Morgan fingerprint density at radius 2 is 1.10 bits per heavy atom. The van der Waals surface area contributed by atoms with Gasteiger partial charge in [-0.3, -0.25) is 9.97 Å². The van der Waals surface area contributed by atoms with Gasteiger partial charge >= 0.3 is 42.2 Å². The predicted molar refractivity (Wildman–Crippen MR) is 118 cm³/mol. The van der Waals surface area contributed by atoms with Crippen molar-refractivity contribution in [2.24, 2.45) is 0 Å². The number of halogens is 3. The molecule has 0 radical (unpaired) electrons. The third-order valence-electron chi connectivity index (χ3n) is 4.06. The Morgan fingerprint density at radius 1 is 0.621 bits per heavy atom. The zero-order chi connectivity index (χ0) is 20.6. The predicted octanol–water partition coefficient (Wildman–Crippen LogP) is 7.25. The number of hydrogen-bond donors (Lipinski definition) is 0. The van der Waals surface area contributed by atoms with Gasteiger partial charge in [0.1, 0.15) is 0 Å². The fourth-order valence-corrected chi connectivity index (χ4v) is 2.73. The Kier molecular flexibility index (Phi) is 8.17. The monoisotopic (exact) mass is 621 g/mol. The van der Waals surface area contributed by atoms with Crippen molar-refractivity contribution in [3.05, 3.63) is 90.8 Å². The molecule has 150 valence electrons. The molecule has 4 aromatic rings. The SMILES string of the molecule is Cc1ccc(-c2cc(-c3ccccn3)nc(-c3ccccn3)c2)cc1.[Cl][Ir]([Cl])[Cl]. The molecule has 0 aliphatic rings. The molecule has 3 heterocycles. The van der Waals surface area contributed by atoms with Gasteiger partial charge in [0, 0.05) is 12.4 Å². The first-order valence-corrected chi connectivity index (χ1v) is 17.5. The number of nitrogens with zero attached hydrogens (tertiary/aromatic N) is 3. The Hall–Kier alpha value is -1.81. The van der Waals surface area contributed by atoms with E-state index < -0.39 is 13.5 Å². The molecule has 0 aliphatic heterocycles. The molecule has 0 fully saturated rings. The Bertz CT molecular complexity index is 983. The average Bonchev–Trinajstić information content (AvgIpc) is 2.75. The summed E-state index contributed by atoms with van der Waals surface area (Å²) in [5.74, 6) is 0. The third-order valence-corrected chi connectivity index (χ3v) is 4.06. The summed E-state index contributed by atoms with van der Waals surface area (Å²) in [4.78, 5) is 13.7. The van der Waals surface area contributed by atoms with Crippen LogP contribution in [-0.4, -0.2) is 15.0 Å². The Labute approximate surface area is 187 Å². The maximum absolute atomic E-state index is 4.97. The first-order chi connectivity index (χ1) is 14.0. The van der Waals surface area contributed by atoms with Crippen molar-refractivity contribution in [2.45, 2.75) is 6.92 Å². The number of aromatic nitrogens is 3. The third kappa shape index (κ3) is 6.60. The quantitative estimate of drug-likeness (QED) is 0.242. The average molecular weight is 622 g/mol. The van der Waals surface area contributed by atoms with Crippen LogP contribution < -0.4 is 0 Å². The molecule has 0 atom stereocenters. The van der Waals surface area contributed by atoms with Gasteiger partial charge < -0.3 is 0 Å². The van der Waals surface area contributed by atoms with E-state index in [0.29, 0.717) is 0 Å². The van der Waals surface area contributed by atoms with Crippen molar-refractivity contribution in [3.63, 3.8) is 0 Å². The van der Waals surface area contributed by atoms with Gasteiger partial charge in [0.2, 0.25) is 0 Å². The van der Waals surface area contributed by atoms with E-state index >= 15 is 0 Å². The van der Waals surface area contributed by atoms with Crippen LogP contribution in [0.5, 0.6) is 0 Å². The molecule has 0 saturated carbocycles. The van der Waals surface area contributed by atoms with Crippen LogP contribution in [0.3, 0.4) is 0 Å². The van der Waals surface area contributed by atoms with E-state index in [4.69, 9.17) is 33.7 Å². The van der Waals surface area contributed by atoms with Crippen molar-refractivity contribution >= 4 is 28.8 Å². The van der Waals surface area contributed by atoms with Gasteiger partial charge in [0.15, 0.2) is 0 Å². The van der Waals surface area contributed by atoms with Gasteiger partial charge in [-0.15, -0.1) is 0 Å². The normalized spacial score (nSPS) is 10.7. The molecule has 7 heteroatoms. The van der Waals surface area contributed by atoms with Crippen LogP contribution >= 0.6 is 28.8 Å². The first kappa shape index (κ1) is 21.9. The molecule has 29 heavy (non-hydrogen) atoms. The molecule has 0 aliphatic carbocycles. The molecule has 0 unspecified atom stereocenters. The second-order valence-corrected chi connectivity index (χ2v) is 16.4. The molecular weight excluding hydrogens is 605 g/mol. The summed E-state index contributed by atoms with van der Waals surface area (Å²) in [7, 11) is 14.9. The summed E-state index contributed by atoms with van der Waals surface area (Å²) >= 11 is -1.92. The summed E-state index contributed by atoms with van der Waals surface area (Å²) in [6, 6.07) is 24.4. The van der Waals surface area contributed by atoms with Crippen molar-refractivity contribution in [1.29, 1.82) is 0 Å².